The second-order valence-corrected chi connectivity index (χ2v) is 4.78. The van der Waals surface area contributed by atoms with Gasteiger partial charge in [-0.15, -0.1) is 0 Å². The Kier molecular flexibility index (Phi) is 4.96. The molecule has 100 valence electrons. The quantitative estimate of drug-likeness (QED) is 0.766. The topological polar surface area (TPSA) is 37.4 Å². The fraction of sp³-hybridized carbons (Fsp3) is 0.643. The maximum atomic E-state index is 5.17. The number of aromatic nitrogens is 1. The summed E-state index contributed by atoms with van der Waals surface area (Å²) >= 11 is 0. The minimum Gasteiger partial charge on any atom is -0.383 e. The molecule has 0 spiro atoms. The van der Waals surface area contributed by atoms with E-state index in [4.69, 9.17) is 4.74 Å². The third-order valence-corrected chi connectivity index (χ3v) is 3.21. The smallest absolute Gasteiger partial charge is 0.125 e. The summed E-state index contributed by atoms with van der Waals surface area (Å²) in [5.74, 6) is 0.955. The fourth-order valence-electron chi connectivity index (χ4n) is 2.08. The highest BCUT2D eigenvalue weighted by molar-refractivity contribution is 5.35. The summed E-state index contributed by atoms with van der Waals surface area (Å²) in [6.07, 6.45) is 4.62. The predicted molar refractivity (Wildman–Crippen MR) is 73.7 cm³/mol. The minimum atomic E-state index is 0.758. The molecule has 0 aromatic carbocycles. The van der Waals surface area contributed by atoms with Crippen molar-refractivity contribution in [2.24, 2.45) is 0 Å². The van der Waals surface area contributed by atoms with E-state index in [9.17, 15) is 0 Å². The molecule has 1 aromatic rings. The van der Waals surface area contributed by atoms with Gasteiger partial charge in [0.2, 0.25) is 0 Å². The Balaban J connectivity index is 1.89. The van der Waals surface area contributed by atoms with Crippen molar-refractivity contribution in [2.75, 3.05) is 32.1 Å². The van der Waals surface area contributed by atoms with Gasteiger partial charge in [-0.25, -0.2) is 4.98 Å². The van der Waals surface area contributed by atoms with Crippen LogP contribution in [-0.2, 0) is 11.3 Å². The largest absolute Gasteiger partial charge is 0.383 e. The molecule has 0 radical (unpaired) electrons. The van der Waals surface area contributed by atoms with E-state index in [0.29, 0.717) is 0 Å². The zero-order valence-corrected chi connectivity index (χ0v) is 11.4. The number of hydrogen-bond acceptors (Lipinski definition) is 4. The Labute approximate surface area is 109 Å². The number of rotatable bonds is 8. The minimum absolute atomic E-state index is 0.758. The van der Waals surface area contributed by atoms with E-state index in [2.05, 4.69) is 34.3 Å². The van der Waals surface area contributed by atoms with Crippen molar-refractivity contribution in [2.45, 2.75) is 32.4 Å². The summed E-state index contributed by atoms with van der Waals surface area (Å²) in [5.41, 5.74) is 1.28. The van der Waals surface area contributed by atoms with E-state index in [1.54, 1.807) is 7.11 Å². The van der Waals surface area contributed by atoms with Gasteiger partial charge in [0.25, 0.3) is 0 Å². The van der Waals surface area contributed by atoms with Gasteiger partial charge in [-0.2, -0.15) is 0 Å². The zero-order valence-electron chi connectivity index (χ0n) is 11.4. The van der Waals surface area contributed by atoms with Gasteiger partial charge in [0.05, 0.1) is 6.61 Å². The normalized spacial score (nSPS) is 15.1. The molecular weight excluding hydrogens is 226 g/mol. The van der Waals surface area contributed by atoms with Gasteiger partial charge in [-0.1, -0.05) is 6.07 Å². The third kappa shape index (κ3) is 3.96. The molecule has 1 saturated carbocycles. The summed E-state index contributed by atoms with van der Waals surface area (Å²) in [6.45, 7) is 5.78. The molecule has 1 aromatic heterocycles. The highest BCUT2D eigenvalue weighted by Crippen LogP contribution is 2.27. The maximum Gasteiger partial charge on any atom is 0.125 e. The molecule has 1 aliphatic carbocycles. The standard InChI is InChI=1S/C14H23N3O/c1-3-15-14-7-4-12(10-16-14)11-17(8-9-18-2)13-5-6-13/h4,7,10,13H,3,5-6,8-9,11H2,1-2H3,(H,15,16). The van der Waals surface area contributed by atoms with E-state index in [1.165, 1.54) is 18.4 Å². The van der Waals surface area contributed by atoms with Crippen LogP contribution >= 0.6 is 0 Å². The lowest BCUT2D eigenvalue weighted by Crippen LogP contribution is -2.29. The molecule has 0 unspecified atom stereocenters. The Morgan fingerprint density at radius 3 is 2.83 bits per heavy atom. The first kappa shape index (κ1) is 13.3. The second kappa shape index (κ2) is 6.71. The molecule has 0 saturated heterocycles. The average molecular weight is 249 g/mol. The van der Waals surface area contributed by atoms with E-state index in [1.807, 2.05) is 6.20 Å². The van der Waals surface area contributed by atoms with Gasteiger partial charge in [0.15, 0.2) is 0 Å². The number of nitrogens with zero attached hydrogens (tertiary/aromatic N) is 2. The van der Waals surface area contributed by atoms with Crippen LogP contribution in [0.5, 0.6) is 0 Å². The lowest BCUT2D eigenvalue weighted by Gasteiger charge is -2.21. The number of anilines is 1. The molecule has 0 aliphatic heterocycles. The second-order valence-electron chi connectivity index (χ2n) is 4.78. The van der Waals surface area contributed by atoms with Crippen LogP contribution in [0, 0.1) is 0 Å². The van der Waals surface area contributed by atoms with E-state index in [0.717, 1.165) is 38.1 Å². The highest BCUT2D eigenvalue weighted by atomic mass is 16.5. The van der Waals surface area contributed by atoms with E-state index >= 15 is 0 Å². The molecular formula is C14H23N3O. The summed E-state index contributed by atoms with van der Waals surface area (Å²) in [7, 11) is 1.76. The van der Waals surface area contributed by atoms with Crippen LogP contribution in [0.1, 0.15) is 25.3 Å². The van der Waals surface area contributed by atoms with Crippen molar-refractivity contribution in [1.29, 1.82) is 0 Å². The third-order valence-electron chi connectivity index (χ3n) is 3.21. The Morgan fingerprint density at radius 2 is 2.28 bits per heavy atom. The molecule has 0 bridgehead atoms. The zero-order chi connectivity index (χ0) is 12.8. The number of pyridine rings is 1. The number of hydrogen-bond donors (Lipinski definition) is 1. The van der Waals surface area contributed by atoms with Crippen LogP contribution in [-0.4, -0.2) is 42.7 Å². The van der Waals surface area contributed by atoms with Gasteiger partial charge >= 0.3 is 0 Å². The van der Waals surface area contributed by atoms with Gasteiger partial charge in [-0.05, 0) is 31.4 Å². The van der Waals surface area contributed by atoms with Crippen molar-refractivity contribution in [1.82, 2.24) is 9.88 Å². The van der Waals surface area contributed by atoms with Crippen LogP contribution in [0.3, 0.4) is 0 Å². The highest BCUT2D eigenvalue weighted by Gasteiger charge is 2.28. The average Bonchev–Trinajstić information content (AvgIpc) is 3.21. The van der Waals surface area contributed by atoms with Gasteiger partial charge < -0.3 is 10.1 Å². The van der Waals surface area contributed by atoms with Crippen LogP contribution in [0.4, 0.5) is 5.82 Å². The number of methoxy groups -OCH3 is 1. The van der Waals surface area contributed by atoms with Gasteiger partial charge in [-0.3, -0.25) is 4.90 Å². The molecule has 2 rings (SSSR count). The van der Waals surface area contributed by atoms with Crippen molar-refractivity contribution in [3.8, 4) is 0 Å². The molecule has 0 amide bonds. The molecule has 18 heavy (non-hydrogen) atoms. The van der Waals surface area contributed by atoms with Gasteiger partial charge in [0.1, 0.15) is 5.82 Å². The van der Waals surface area contributed by atoms with Crippen LogP contribution < -0.4 is 5.32 Å². The lowest BCUT2D eigenvalue weighted by atomic mass is 10.2. The maximum absolute atomic E-state index is 5.17. The summed E-state index contributed by atoms with van der Waals surface area (Å²) in [5, 5.41) is 3.21. The van der Waals surface area contributed by atoms with Crippen molar-refractivity contribution in [3.05, 3.63) is 23.9 Å². The number of ether oxygens (including phenoxy) is 1. The molecule has 0 atom stereocenters. The van der Waals surface area contributed by atoms with E-state index < -0.39 is 0 Å². The van der Waals surface area contributed by atoms with Crippen molar-refractivity contribution >= 4 is 5.82 Å². The van der Waals surface area contributed by atoms with Crippen LogP contribution in [0.2, 0.25) is 0 Å². The first-order valence-electron chi connectivity index (χ1n) is 6.75. The predicted octanol–water partition coefficient (Wildman–Crippen LogP) is 2.12. The molecule has 1 fully saturated rings. The summed E-state index contributed by atoms with van der Waals surface area (Å²) in [6, 6.07) is 4.97. The van der Waals surface area contributed by atoms with E-state index in [-0.39, 0.29) is 0 Å². The SMILES string of the molecule is CCNc1ccc(CN(CCOC)C2CC2)cn1. The van der Waals surface area contributed by atoms with Crippen molar-refractivity contribution < 1.29 is 4.74 Å². The lowest BCUT2D eigenvalue weighted by molar-refractivity contribution is 0.139. The molecule has 1 N–H and O–H groups in total. The Hall–Kier alpha value is -1.13. The number of nitrogens with one attached hydrogen (secondary N) is 1. The summed E-state index contributed by atoms with van der Waals surface area (Å²) < 4.78 is 5.17. The van der Waals surface area contributed by atoms with Crippen molar-refractivity contribution in [3.63, 3.8) is 0 Å². The first-order valence-corrected chi connectivity index (χ1v) is 6.75. The van der Waals surface area contributed by atoms with Crippen LogP contribution in [0.25, 0.3) is 0 Å². The first-order chi connectivity index (χ1) is 8.83. The molecule has 4 nitrogen and oxygen atoms in total. The fourth-order valence-corrected chi connectivity index (χ4v) is 2.08. The summed E-state index contributed by atoms with van der Waals surface area (Å²) in [4.78, 5) is 6.91. The monoisotopic (exact) mass is 249 g/mol. The molecule has 1 heterocycles. The van der Waals surface area contributed by atoms with Crippen LogP contribution in [0.15, 0.2) is 18.3 Å². The molecule has 1 aliphatic rings. The Morgan fingerprint density at radius 1 is 1.44 bits per heavy atom. The molecule has 4 heteroatoms. The Bertz CT molecular complexity index is 349. The van der Waals surface area contributed by atoms with Gasteiger partial charge in [0, 0.05) is 39.0 Å².